The summed E-state index contributed by atoms with van der Waals surface area (Å²) in [5.41, 5.74) is 0. The normalized spacial score (nSPS) is 24.7. The summed E-state index contributed by atoms with van der Waals surface area (Å²) in [4.78, 5) is 11.6. The number of sulfone groups is 1. The lowest BCUT2D eigenvalue weighted by atomic mass is 10.2. The van der Waals surface area contributed by atoms with E-state index in [2.05, 4.69) is 5.32 Å². The highest BCUT2D eigenvalue weighted by atomic mass is 32.2. The van der Waals surface area contributed by atoms with E-state index in [-0.39, 0.29) is 29.4 Å². The molecule has 19 heavy (non-hydrogen) atoms. The number of hydrogen-bond acceptors (Lipinski definition) is 4. The Morgan fingerprint density at radius 3 is 2.53 bits per heavy atom. The molecule has 1 aliphatic carbocycles. The molecule has 0 radical (unpaired) electrons. The van der Waals surface area contributed by atoms with E-state index in [1.807, 2.05) is 0 Å². The van der Waals surface area contributed by atoms with Gasteiger partial charge in [0.25, 0.3) is 0 Å². The molecule has 0 aromatic carbocycles. The van der Waals surface area contributed by atoms with Gasteiger partial charge in [-0.05, 0) is 25.7 Å². The summed E-state index contributed by atoms with van der Waals surface area (Å²) < 4.78 is 29.4. The number of rotatable bonds is 6. The fourth-order valence-electron chi connectivity index (χ4n) is 2.77. The molecule has 0 spiro atoms. The van der Waals surface area contributed by atoms with Crippen molar-refractivity contribution in [1.29, 1.82) is 0 Å². The van der Waals surface area contributed by atoms with E-state index < -0.39 is 9.84 Å². The molecule has 1 aliphatic heterocycles. The minimum Gasteiger partial charge on any atom is -0.376 e. The summed E-state index contributed by atoms with van der Waals surface area (Å²) in [6, 6.07) is 0. The van der Waals surface area contributed by atoms with Gasteiger partial charge in [0.05, 0.1) is 17.1 Å². The topological polar surface area (TPSA) is 72.5 Å². The summed E-state index contributed by atoms with van der Waals surface area (Å²) in [5, 5.41) is 2.55. The van der Waals surface area contributed by atoms with Crippen molar-refractivity contribution in [2.24, 2.45) is 0 Å². The lowest BCUT2D eigenvalue weighted by Crippen LogP contribution is -2.33. The van der Waals surface area contributed by atoms with Crippen LogP contribution in [-0.2, 0) is 19.4 Å². The van der Waals surface area contributed by atoms with Crippen LogP contribution in [0.5, 0.6) is 0 Å². The third kappa shape index (κ3) is 4.45. The number of amides is 1. The molecular formula is C13H23NO4S. The second kappa shape index (κ2) is 6.70. The van der Waals surface area contributed by atoms with Crippen LogP contribution in [0.15, 0.2) is 0 Å². The fourth-order valence-corrected chi connectivity index (χ4v) is 4.63. The molecule has 0 aromatic heterocycles. The first-order valence-corrected chi connectivity index (χ1v) is 8.89. The van der Waals surface area contributed by atoms with E-state index >= 15 is 0 Å². The largest absolute Gasteiger partial charge is 0.376 e. The standard InChI is InChI=1S/C13H23NO4S/c15-13(14-10-11-4-3-8-18-11)7-9-19(16,17)12-5-1-2-6-12/h11-12H,1-10H2,(H,14,15)/t11-/m0/s1. The Labute approximate surface area is 115 Å². The van der Waals surface area contributed by atoms with Crippen LogP contribution in [-0.4, -0.2) is 44.6 Å². The van der Waals surface area contributed by atoms with Gasteiger partial charge in [0.1, 0.15) is 0 Å². The molecule has 5 nitrogen and oxygen atoms in total. The molecule has 2 rings (SSSR count). The van der Waals surface area contributed by atoms with Gasteiger partial charge in [-0.1, -0.05) is 12.8 Å². The third-order valence-corrected chi connectivity index (χ3v) is 6.23. The smallest absolute Gasteiger partial charge is 0.221 e. The number of carbonyl (C=O) groups excluding carboxylic acids is 1. The molecule has 110 valence electrons. The quantitative estimate of drug-likeness (QED) is 0.792. The third-order valence-electron chi connectivity index (χ3n) is 3.97. The molecule has 1 heterocycles. The molecule has 1 amide bonds. The predicted molar refractivity (Wildman–Crippen MR) is 72.6 cm³/mol. The number of nitrogens with one attached hydrogen (secondary N) is 1. The van der Waals surface area contributed by atoms with Crippen LogP contribution in [0, 0.1) is 0 Å². The van der Waals surface area contributed by atoms with Gasteiger partial charge in [0, 0.05) is 19.6 Å². The van der Waals surface area contributed by atoms with Crippen LogP contribution in [0.25, 0.3) is 0 Å². The van der Waals surface area contributed by atoms with Gasteiger partial charge >= 0.3 is 0 Å². The molecule has 1 atom stereocenters. The van der Waals surface area contributed by atoms with E-state index in [0.717, 1.165) is 45.1 Å². The molecule has 2 fully saturated rings. The molecule has 2 aliphatic rings. The van der Waals surface area contributed by atoms with E-state index in [4.69, 9.17) is 4.74 Å². The Balaban J connectivity index is 1.67. The Hall–Kier alpha value is -0.620. The van der Waals surface area contributed by atoms with Crippen molar-refractivity contribution in [2.75, 3.05) is 18.9 Å². The van der Waals surface area contributed by atoms with E-state index in [0.29, 0.717) is 6.54 Å². The summed E-state index contributed by atoms with van der Waals surface area (Å²) in [6.07, 6.45) is 5.71. The first kappa shape index (κ1) is 14.8. The maximum atomic E-state index is 12.0. The summed E-state index contributed by atoms with van der Waals surface area (Å²) in [7, 11) is -3.08. The summed E-state index contributed by atoms with van der Waals surface area (Å²) >= 11 is 0. The van der Waals surface area contributed by atoms with Crippen LogP contribution in [0.3, 0.4) is 0 Å². The number of carbonyl (C=O) groups is 1. The van der Waals surface area contributed by atoms with Gasteiger partial charge in [0.15, 0.2) is 9.84 Å². The maximum absolute atomic E-state index is 12.0. The van der Waals surface area contributed by atoms with Crippen molar-refractivity contribution in [2.45, 2.75) is 56.3 Å². The molecule has 1 N–H and O–H groups in total. The average Bonchev–Trinajstić information content (AvgIpc) is 3.06. The lowest BCUT2D eigenvalue weighted by Gasteiger charge is -2.12. The van der Waals surface area contributed by atoms with E-state index in [1.165, 1.54) is 0 Å². The van der Waals surface area contributed by atoms with Crippen LogP contribution < -0.4 is 5.32 Å². The number of ether oxygens (including phenoxy) is 1. The van der Waals surface area contributed by atoms with Crippen molar-refractivity contribution in [3.63, 3.8) is 0 Å². The highest BCUT2D eigenvalue weighted by Gasteiger charge is 2.28. The zero-order chi connectivity index (χ0) is 13.7. The SMILES string of the molecule is O=C(CCS(=O)(=O)C1CCCC1)NC[C@@H]1CCCO1. The zero-order valence-corrected chi connectivity index (χ0v) is 12.1. The Kier molecular flexibility index (Phi) is 5.21. The second-order valence-corrected chi connectivity index (χ2v) is 7.86. The summed E-state index contributed by atoms with van der Waals surface area (Å²) in [5.74, 6) is -0.202. The molecular weight excluding hydrogens is 266 g/mol. The highest BCUT2D eigenvalue weighted by molar-refractivity contribution is 7.92. The van der Waals surface area contributed by atoms with Crippen LogP contribution in [0.4, 0.5) is 0 Å². The molecule has 1 saturated carbocycles. The van der Waals surface area contributed by atoms with Gasteiger partial charge < -0.3 is 10.1 Å². The van der Waals surface area contributed by atoms with Gasteiger partial charge in [0.2, 0.25) is 5.91 Å². The predicted octanol–water partition coefficient (Wildman–Crippen LogP) is 1.03. The van der Waals surface area contributed by atoms with Crippen LogP contribution >= 0.6 is 0 Å². The van der Waals surface area contributed by atoms with Crippen molar-refractivity contribution in [3.8, 4) is 0 Å². The molecule has 1 saturated heterocycles. The zero-order valence-electron chi connectivity index (χ0n) is 11.3. The maximum Gasteiger partial charge on any atom is 0.221 e. The molecule has 0 bridgehead atoms. The minimum atomic E-state index is -3.08. The molecule has 0 aromatic rings. The fraction of sp³-hybridized carbons (Fsp3) is 0.923. The van der Waals surface area contributed by atoms with Gasteiger partial charge in [-0.25, -0.2) is 8.42 Å². The molecule has 0 unspecified atom stereocenters. The van der Waals surface area contributed by atoms with Crippen molar-refractivity contribution < 1.29 is 17.9 Å². The van der Waals surface area contributed by atoms with Gasteiger partial charge in [-0.3, -0.25) is 4.79 Å². The first-order valence-electron chi connectivity index (χ1n) is 7.18. The molecule has 6 heteroatoms. The van der Waals surface area contributed by atoms with Crippen LogP contribution in [0.2, 0.25) is 0 Å². The minimum absolute atomic E-state index is 0.0188. The van der Waals surface area contributed by atoms with Crippen molar-refractivity contribution >= 4 is 15.7 Å². The Morgan fingerprint density at radius 1 is 1.16 bits per heavy atom. The first-order chi connectivity index (χ1) is 9.08. The second-order valence-electron chi connectivity index (χ2n) is 5.46. The van der Waals surface area contributed by atoms with Crippen LogP contribution in [0.1, 0.15) is 44.9 Å². The monoisotopic (exact) mass is 289 g/mol. The van der Waals surface area contributed by atoms with Crippen molar-refractivity contribution in [3.05, 3.63) is 0 Å². The Morgan fingerprint density at radius 2 is 1.89 bits per heavy atom. The summed E-state index contributed by atoms with van der Waals surface area (Å²) in [6.45, 7) is 1.26. The van der Waals surface area contributed by atoms with Gasteiger partial charge in [-0.15, -0.1) is 0 Å². The number of hydrogen-bond donors (Lipinski definition) is 1. The van der Waals surface area contributed by atoms with Crippen molar-refractivity contribution in [1.82, 2.24) is 5.32 Å². The van der Waals surface area contributed by atoms with E-state index in [1.54, 1.807) is 0 Å². The highest BCUT2D eigenvalue weighted by Crippen LogP contribution is 2.25. The van der Waals surface area contributed by atoms with Gasteiger partial charge in [-0.2, -0.15) is 0 Å². The Bertz CT molecular complexity index is 395. The van der Waals surface area contributed by atoms with E-state index in [9.17, 15) is 13.2 Å². The average molecular weight is 289 g/mol. The lowest BCUT2D eigenvalue weighted by molar-refractivity contribution is -0.121.